The van der Waals surface area contributed by atoms with Crippen LogP contribution in [0.5, 0.6) is 0 Å². The summed E-state index contributed by atoms with van der Waals surface area (Å²) in [6.45, 7) is 3.11. The van der Waals surface area contributed by atoms with Gasteiger partial charge in [0.25, 0.3) is 5.91 Å². The first-order chi connectivity index (χ1) is 13.2. The van der Waals surface area contributed by atoms with Crippen LogP contribution in [0.1, 0.15) is 46.3 Å². The fourth-order valence-electron chi connectivity index (χ4n) is 3.78. The minimum atomic E-state index is -0.0608. The topological polar surface area (TPSA) is 79.2 Å². The fraction of sp³-hybridized carbons (Fsp3) is 0.333. The molecular weight excluding hydrogens is 340 g/mol. The zero-order valence-corrected chi connectivity index (χ0v) is 15.3. The number of piperidine rings is 1. The number of aliphatic hydroxyl groups excluding tert-OH is 1. The van der Waals surface area contributed by atoms with Crippen molar-refractivity contribution in [2.75, 3.05) is 13.1 Å². The van der Waals surface area contributed by atoms with Crippen molar-refractivity contribution in [3.05, 3.63) is 65.5 Å². The van der Waals surface area contributed by atoms with E-state index in [1.54, 1.807) is 12.4 Å². The Labute approximate surface area is 157 Å². The van der Waals surface area contributed by atoms with E-state index in [4.69, 9.17) is 0 Å². The van der Waals surface area contributed by atoms with E-state index in [0.29, 0.717) is 24.6 Å². The second kappa shape index (κ2) is 7.40. The van der Waals surface area contributed by atoms with Crippen LogP contribution in [0.4, 0.5) is 0 Å². The number of hydrogen-bond acceptors (Lipinski definition) is 5. The highest BCUT2D eigenvalue weighted by Gasteiger charge is 2.28. The maximum atomic E-state index is 13.0. The van der Waals surface area contributed by atoms with E-state index in [1.807, 2.05) is 42.2 Å². The van der Waals surface area contributed by atoms with Gasteiger partial charge in [-0.15, -0.1) is 0 Å². The molecule has 1 aliphatic heterocycles. The highest BCUT2D eigenvalue weighted by atomic mass is 16.3. The van der Waals surface area contributed by atoms with Gasteiger partial charge in [-0.05, 0) is 31.2 Å². The van der Waals surface area contributed by atoms with E-state index in [2.05, 4.69) is 15.0 Å². The smallest absolute Gasteiger partial charge is 0.273 e. The molecule has 1 aliphatic rings. The molecule has 0 spiro atoms. The average molecular weight is 362 g/mol. The Morgan fingerprint density at radius 3 is 2.74 bits per heavy atom. The Morgan fingerprint density at radius 2 is 1.96 bits per heavy atom. The van der Waals surface area contributed by atoms with Gasteiger partial charge in [0.2, 0.25) is 0 Å². The molecule has 6 heteroatoms. The van der Waals surface area contributed by atoms with Gasteiger partial charge in [-0.2, -0.15) is 0 Å². The van der Waals surface area contributed by atoms with Crippen LogP contribution in [-0.2, 0) is 6.61 Å². The monoisotopic (exact) mass is 362 g/mol. The zero-order valence-electron chi connectivity index (χ0n) is 15.3. The fourth-order valence-corrected chi connectivity index (χ4v) is 3.78. The van der Waals surface area contributed by atoms with Gasteiger partial charge in [0.05, 0.1) is 12.3 Å². The van der Waals surface area contributed by atoms with Crippen LogP contribution in [-0.4, -0.2) is 44.0 Å². The maximum Gasteiger partial charge on any atom is 0.273 e. The van der Waals surface area contributed by atoms with Crippen molar-refractivity contribution < 1.29 is 9.90 Å². The third-order valence-electron chi connectivity index (χ3n) is 5.23. The van der Waals surface area contributed by atoms with Crippen LogP contribution in [0.25, 0.3) is 10.8 Å². The summed E-state index contributed by atoms with van der Waals surface area (Å²) in [6, 6.07) is 9.75. The molecule has 3 heterocycles. The summed E-state index contributed by atoms with van der Waals surface area (Å²) in [6.07, 6.45) is 5.04. The summed E-state index contributed by atoms with van der Waals surface area (Å²) < 4.78 is 0. The van der Waals surface area contributed by atoms with E-state index in [-0.39, 0.29) is 18.4 Å². The van der Waals surface area contributed by atoms with Crippen LogP contribution in [0.2, 0.25) is 0 Å². The van der Waals surface area contributed by atoms with Gasteiger partial charge in [0.1, 0.15) is 11.5 Å². The molecule has 1 fully saturated rings. The first-order valence-electron chi connectivity index (χ1n) is 9.23. The summed E-state index contributed by atoms with van der Waals surface area (Å²) in [5.41, 5.74) is 2.21. The van der Waals surface area contributed by atoms with Crippen molar-refractivity contribution in [2.45, 2.75) is 32.3 Å². The number of rotatable bonds is 3. The number of hydrogen-bond donors (Lipinski definition) is 1. The van der Waals surface area contributed by atoms with Gasteiger partial charge >= 0.3 is 0 Å². The number of carbonyl (C=O) groups is 1. The molecule has 4 rings (SSSR count). The standard InChI is InChI=1S/C21H22N4O2/c1-14-23-12-17(13-26)19(24-14)16-7-10-25(11-8-16)21(27)20-18-5-3-2-4-15(18)6-9-22-20/h2-6,9,12,16,26H,7-8,10-11,13H2,1H3. The second-order valence-corrected chi connectivity index (χ2v) is 6.93. The summed E-state index contributed by atoms with van der Waals surface area (Å²) in [7, 11) is 0. The van der Waals surface area contributed by atoms with E-state index < -0.39 is 0 Å². The molecule has 27 heavy (non-hydrogen) atoms. The van der Waals surface area contributed by atoms with Crippen molar-refractivity contribution in [1.29, 1.82) is 0 Å². The molecule has 0 unspecified atom stereocenters. The Hall–Kier alpha value is -2.86. The number of likely N-dealkylation sites (tertiary alicyclic amines) is 1. The number of pyridine rings is 1. The van der Waals surface area contributed by atoms with E-state index >= 15 is 0 Å². The van der Waals surface area contributed by atoms with Crippen LogP contribution >= 0.6 is 0 Å². The van der Waals surface area contributed by atoms with Gasteiger partial charge < -0.3 is 10.0 Å². The molecule has 1 amide bonds. The normalized spacial score (nSPS) is 15.3. The molecule has 2 aromatic heterocycles. The largest absolute Gasteiger partial charge is 0.392 e. The third kappa shape index (κ3) is 3.40. The summed E-state index contributed by atoms with van der Waals surface area (Å²) in [5.74, 6) is 0.922. The second-order valence-electron chi connectivity index (χ2n) is 6.93. The Bertz CT molecular complexity index is 976. The first kappa shape index (κ1) is 17.5. The zero-order chi connectivity index (χ0) is 18.8. The lowest BCUT2D eigenvalue weighted by Gasteiger charge is -2.32. The highest BCUT2D eigenvalue weighted by molar-refractivity contribution is 6.05. The van der Waals surface area contributed by atoms with Gasteiger partial charge in [0, 0.05) is 42.4 Å². The quantitative estimate of drug-likeness (QED) is 0.775. The Kier molecular flexibility index (Phi) is 4.81. The number of aryl methyl sites for hydroxylation is 1. The number of fused-ring (bicyclic) bond motifs is 1. The molecule has 0 radical (unpaired) electrons. The highest BCUT2D eigenvalue weighted by Crippen LogP contribution is 2.30. The first-order valence-corrected chi connectivity index (χ1v) is 9.23. The molecule has 0 aliphatic carbocycles. The van der Waals surface area contributed by atoms with Gasteiger partial charge in [-0.1, -0.05) is 24.3 Å². The number of benzene rings is 1. The predicted molar refractivity (Wildman–Crippen MR) is 102 cm³/mol. The molecule has 3 aromatic rings. The molecule has 1 aromatic carbocycles. The van der Waals surface area contributed by atoms with Crippen LogP contribution in [0, 0.1) is 6.92 Å². The van der Waals surface area contributed by atoms with Crippen LogP contribution in [0.15, 0.2) is 42.7 Å². The van der Waals surface area contributed by atoms with Gasteiger partial charge in [-0.25, -0.2) is 9.97 Å². The third-order valence-corrected chi connectivity index (χ3v) is 5.23. The van der Waals surface area contributed by atoms with Crippen molar-refractivity contribution in [2.24, 2.45) is 0 Å². The molecule has 0 atom stereocenters. The van der Waals surface area contributed by atoms with Crippen molar-refractivity contribution in [3.8, 4) is 0 Å². The molecule has 0 saturated carbocycles. The Morgan fingerprint density at radius 1 is 1.19 bits per heavy atom. The molecular formula is C21H22N4O2. The van der Waals surface area contributed by atoms with Crippen molar-refractivity contribution in [1.82, 2.24) is 19.9 Å². The van der Waals surface area contributed by atoms with E-state index in [0.717, 1.165) is 34.9 Å². The van der Waals surface area contributed by atoms with Crippen LogP contribution < -0.4 is 0 Å². The Balaban J connectivity index is 1.52. The molecule has 0 bridgehead atoms. The summed E-state index contributed by atoms with van der Waals surface area (Å²) in [4.78, 5) is 28.0. The number of aliphatic hydroxyl groups is 1. The SMILES string of the molecule is Cc1ncc(CO)c(C2CCN(C(=O)c3nccc4ccccc34)CC2)n1. The predicted octanol–water partition coefficient (Wildman–Crippen LogP) is 2.85. The number of carbonyl (C=O) groups excluding carboxylic acids is 1. The average Bonchev–Trinajstić information content (AvgIpc) is 2.73. The number of amides is 1. The number of nitrogens with zero attached hydrogens (tertiary/aromatic N) is 4. The van der Waals surface area contributed by atoms with Crippen LogP contribution in [0.3, 0.4) is 0 Å². The minimum absolute atomic E-state index is 0.0218. The molecule has 1 saturated heterocycles. The summed E-state index contributed by atoms with van der Waals surface area (Å²) in [5, 5.41) is 11.5. The number of aromatic nitrogens is 3. The van der Waals surface area contributed by atoms with E-state index in [9.17, 15) is 9.90 Å². The lowest BCUT2D eigenvalue weighted by molar-refractivity contribution is 0.0707. The lowest BCUT2D eigenvalue weighted by atomic mass is 9.90. The van der Waals surface area contributed by atoms with Crippen molar-refractivity contribution in [3.63, 3.8) is 0 Å². The van der Waals surface area contributed by atoms with E-state index in [1.165, 1.54) is 0 Å². The van der Waals surface area contributed by atoms with Gasteiger partial charge in [0.15, 0.2) is 0 Å². The summed E-state index contributed by atoms with van der Waals surface area (Å²) >= 11 is 0. The minimum Gasteiger partial charge on any atom is -0.392 e. The van der Waals surface area contributed by atoms with Crippen molar-refractivity contribution >= 4 is 16.7 Å². The van der Waals surface area contributed by atoms with Gasteiger partial charge in [-0.3, -0.25) is 9.78 Å². The maximum absolute atomic E-state index is 13.0. The molecule has 6 nitrogen and oxygen atoms in total. The molecule has 1 N–H and O–H groups in total. The molecule has 138 valence electrons. The lowest BCUT2D eigenvalue weighted by Crippen LogP contribution is -2.38.